The average Bonchev–Trinajstić information content (AvgIpc) is 2.20. The van der Waals surface area contributed by atoms with Crippen LogP contribution >= 0.6 is 0 Å². The number of unbranched alkanes of at least 4 members (excludes halogenated alkanes) is 1. The molecule has 0 saturated heterocycles. The molecule has 0 bridgehead atoms. The van der Waals surface area contributed by atoms with Gasteiger partial charge in [-0.3, -0.25) is 0 Å². The molecule has 0 aliphatic rings. The highest BCUT2D eigenvalue weighted by Gasteiger charge is 2.35. The predicted octanol–water partition coefficient (Wildman–Crippen LogP) is 2.27. The standard InChI is InChI=1S/C13H25NO/c1-6-9-10-11-12(15)13(7-2,8-3)14(4)5/h1,12,15H,7-11H2,2-5H3. The smallest absolute Gasteiger partial charge is 0.0723 e. The van der Waals surface area contributed by atoms with Crippen molar-refractivity contribution in [1.82, 2.24) is 4.90 Å². The van der Waals surface area contributed by atoms with E-state index in [2.05, 4.69) is 24.7 Å². The van der Waals surface area contributed by atoms with E-state index in [4.69, 9.17) is 6.42 Å². The van der Waals surface area contributed by atoms with Crippen molar-refractivity contribution in [2.45, 2.75) is 57.6 Å². The summed E-state index contributed by atoms with van der Waals surface area (Å²) in [6, 6.07) is 0. The normalized spacial score (nSPS) is 13.9. The van der Waals surface area contributed by atoms with Gasteiger partial charge in [-0.1, -0.05) is 13.8 Å². The van der Waals surface area contributed by atoms with Crippen LogP contribution in [0.4, 0.5) is 0 Å². The van der Waals surface area contributed by atoms with Crippen LogP contribution in [0.15, 0.2) is 0 Å². The van der Waals surface area contributed by atoms with E-state index in [0.29, 0.717) is 0 Å². The Morgan fingerprint density at radius 3 is 2.20 bits per heavy atom. The van der Waals surface area contributed by atoms with Gasteiger partial charge >= 0.3 is 0 Å². The number of hydrogen-bond acceptors (Lipinski definition) is 2. The maximum absolute atomic E-state index is 10.2. The van der Waals surface area contributed by atoms with E-state index in [-0.39, 0.29) is 11.6 Å². The van der Waals surface area contributed by atoms with Gasteiger partial charge in [-0.15, -0.1) is 12.3 Å². The summed E-state index contributed by atoms with van der Waals surface area (Å²) in [7, 11) is 4.08. The number of nitrogens with zero attached hydrogens (tertiary/aromatic N) is 1. The monoisotopic (exact) mass is 211 g/mol. The molecule has 0 fully saturated rings. The number of aliphatic hydroxyl groups is 1. The molecule has 88 valence electrons. The zero-order valence-corrected chi connectivity index (χ0v) is 10.6. The fraction of sp³-hybridized carbons (Fsp3) is 0.846. The Balaban J connectivity index is 4.42. The quantitative estimate of drug-likeness (QED) is 0.516. The third kappa shape index (κ3) is 3.52. The van der Waals surface area contributed by atoms with Crippen LogP contribution in [0.3, 0.4) is 0 Å². The number of aliphatic hydroxyl groups excluding tert-OH is 1. The molecule has 1 N–H and O–H groups in total. The van der Waals surface area contributed by atoms with Gasteiger partial charge in [-0.2, -0.15) is 0 Å². The highest BCUT2D eigenvalue weighted by molar-refractivity contribution is 4.93. The summed E-state index contributed by atoms with van der Waals surface area (Å²) < 4.78 is 0. The van der Waals surface area contributed by atoms with Gasteiger partial charge in [-0.05, 0) is 39.8 Å². The SMILES string of the molecule is C#CCCCC(O)C(CC)(CC)N(C)C. The molecule has 0 aliphatic heterocycles. The number of likely N-dealkylation sites (N-methyl/N-ethyl adjacent to an activating group) is 1. The number of rotatable bonds is 7. The number of terminal acetylenes is 1. The maximum atomic E-state index is 10.2. The topological polar surface area (TPSA) is 23.5 Å². The van der Waals surface area contributed by atoms with E-state index in [0.717, 1.165) is 32.1 Å². The number of hydrogen-bond donors (Lipinski definition) is 1. The first kappa shape index (κ1) is 14.5. The Kier molecular flexibility index (Phi) is 6.63. The summed E-state index contributed by atoms with van der Waals surface area (Å²) in [5, 5.41) is 10.2. The second-order valence-corrected chi connectivity index (χ2v) is 4.32. The summed E-state index contributed by atoms with van der Waals surface area (Å²) in [6.07, 6.45) is 9.32. The molecule has 0 amide bonds. The van der Waals surface area contributed by atoms with Crippen LogP contribution in [0.1, 0.15) is 46.0 Å². The molecular weight excluding hydrogens is 186 g/mol. The second-order valence-electron chi connectivity index (χ2n) is 4.32. The maximum Gasteiger partial charge on any atom is 0.0723 e. The van der Waals surface area contributed by atoms with Crippen LogP contribution in [0.2, 0.25) is 0 Å². The zero-order chi connectivity index (χ0) is 11.9. The molecule has 0 aromatic heterocycles. The highest BCUT2D eigenvalue weighted by atomic mass is 16.3. The van der Waals surface area contributed by atoms with E-state index < -0.39 is 0 Å². The molecule has 0 heterocycles. The molecule has 0 aromatic rings. The van der Waals surface area contributed by atoms with Gasteiger partial charge in [0.25, 0.3) is 0 Å². The van der Waals surface area contributed by atoms with Crippen molar-refractivity contribution in [2.24, 2.45) is 0 Å². The van der Waals surface area contributed by atoms with Crippen molar-refractivity contribution in [2.75, 3.05) is 14.1 Å². The molecule has 0 rings (SSSR count). The molecule has 1 unspecified atom stereocenters. The Bertz CT molecular complexity index is 201. The van der Waals surface area contributed by atoms with Gasteiger partial charge in [-0.25, -0.2) is 0 Å². The van der Waals surface area contributed by atoms with Crippen molar-refractivity contribution < 1.29 is 5.11 Å². The molecule has 0 radical (unpaired) electrons. The Morgan fingerprint density at radius 2 is 1.87 bits per heavy atom. The predicted molar refractivity (Wildman–Crippen MR) is 65.7 cm³/mol. The third-order valence-corrected chi connectivity index (χ3v) is 3.53. The van der Waals surface area contributed by atoms with E-state index >= 15 is 0 Å². The lowest BCUT2D eigenvalue weighted by Gasteiger charge is -2.42. The molecule has 2 nitrogen and oxygen atoms in total. The minimum absolute atomic E-state index is 0.0887. The van der Waals surface area contributed by atoms with Crippen molar-refractivity contribution >= 4 is 0 Å². The van der Waals surface area contributed by atoms with Crippen LogP contribution in [0.5, 0.6) is 0 Å². The first-order chi connectivity index (χ1) is 7.05. The Labute approximate surface area is 94.7 Å². The van der Waals surface area contributed by atoms with Gasteiger partial charge in [0.2, 0.25) is 0 Å². The van der Waals surface area contributed by atoms with Crippen LogP contribution in [-0.2, 0) is 0 Å². The van der Waals surface area contributed by atoms with E-state index in [1.807, 2.05) is 14.1 Å². The molecule has 1 atom stereocenters. The fourth-order valence-corrected chi connectivity index (χ4v) is 2.32. The lowest BCUT2D eigenvalue weighted by Crippen LogP contribution is -2.52. The van der Waals surface area contributed by atoms with Crippen LogP contribution < -0.4 is 0 Å². The largest absolute Gasteiger partial charge is 0.391 e. The van der Waals surface area contributed by atoms with E-state index in [1.54, 1.807) is 0 Å². The molecule has 15 heavy (non-hydrogen) atoms. The molecule has 0 saturated carbocycles. The van der Waals surface area contributed by atoms with Crippen LogP contribution in [0, 0.1) is 12.3 Å². The average molecular weight is 211 g/mol. The molecule has 0 aliphatic carbocycles. The van der Waals surface area contributed by atoms with Crippen LogP contribution in [-0.4, -0.2) is 35.7 Å². The van der Waals surface area contributed by atoms with Crippen molar-refractivity contribution in [3.8, 4) is 12.3 Å². The first-order valence-electron chi connectivity index (χ1n) is 5.84. The second kappa shape index (κ2) is 6.87. The Hall–Kier alpha value is -0.520. The summed E-state index contributed by atoms with van der Waals surface area (Å²) in [5.41, 5.74) is -0.0887. The molecular formula is C13H25NO. The Morgan fingerprint density at radius 1 is 1.33 bits per heavy atom. The van der Waals surface area contributed by atoms with Crippen LogP contribution in [0.25, 0.3) is 0 Å². The molecule has 0 spiro atoms. The van der Waals surface area contributed by atoms with E-state index in [9.17, 15) is 5.11 Å². The van der Waals surface area contributed by atoms with Gasteiger partial charge < -0.3 is 10.0 Å². The lowest BCUT2D eigenvalue weighted by molar-refractivity contribution is -0.0183. The van der Waals surface area contributed by atoms with Gasteiger partial charge in [0, 0.05) is 12.0 Å². The molecule has 0 aromatic carbocycles. The molecule has 2 heteroatoms. The lowest BCUT2D eigenvalue weighted by atomic mass is 9.83. The van der Waals surface area contributed by atoms with Crippen molar-refractivity contribution in [1.29, 1.82) is 0 Å². The van der Waals surface area contributed by atoms with Crippen molar-refractivity contribution in [3.05, 3.63) is 0 Å². The summed E-state index contributed by atoms with van der Waals surface area (Å²) >= 11 is 0. The van der Waals surface area contributed by atoms with Gasteiger partial charge in [0.05, 0.1) is 6.10 Å². The minimum atomic E-state index is -0.282. The summed E-state index contributed by atoms with van der Waals surface area (Å²) in [4.78, 5) is 2.15. The summed E-state index contributed by atoms with van der Waals surface area (Å²) in [6.45, 7) is 4.27. The van der Waals surface area contributed by atoms with Crippen molar-refractivity contribution in [3.63, 3.8) is 0 Å². The zero-order valence-electron chi connectivity index (χ0n) is 10.6. The summed E-state index contributed by atoms with van der Waals surface area (Å²) in [5.74, 6) is 2.62. The van der Waals surface area contributed by atoms with Gasteiger partial charge in [0.1, 0.15) is 0 Å². The highest BCUT2D eigenvalue weighted by Crippen LogP contribution is 2.28. The third-order valence-electron chi connectivity index (χ3n) is 3.53. The van der Waals surface area contributed by atoms with E-state index in [1.165, 1.54) is 0 Å². The first-order valence-corrected chi connectivity index (χ1v) is 5.84. The van der Waals surface area contributed by atoms with Gasteiger partial charge in [0.15, 0.2) is 0 Å². The minimum Gasteiger partial charge on any atom is -0.391 e. The fourth-order valence-electron chi connectivity index (χ4n) is 2.32.